The first-order valence-corrected chi connectivity index (χ1v) is 7.61. The van der Waals surface area contributed by atoms with E-state index in [0.29, 0.717) is 6.04 Å². The molecule has 3 nitrogen and oxygen atoms in total. The van der Waals surface area contributed by atoms with Gasteiger partial charge in [0.05, 0.1) is 0 Å². The molecule has 0 aliphatic rings. The van der Waals surface area contributed by atoms with Crippen LogP contribution in [0.1, 0.15) is 32.5 Å². The second-order valence-electron chi connectivity index (χ2n) is 4.40. The predicted octanol–water partition coefficient (Wildman–Crippen LogP) is 2.85. The van der Waals surface area contributed by atoms with Crippen LogP contribution in [0.5, 0.6) is 0 Å². The molecule has 17 heavy (non-hydrogen) atoms. The molecule has 0 spiro atoms. The molecule has 98 valence electrons. The van der Waals surface area contributed by atoms with Crippen molar-refractivity contribution in [1.29, 1.82) is 0 Å². The lowest BCUT2D eigenvalue weighted by Gasteiger charge is -2.29. The number of halogens is 1. The molecule has 0 radical (unpaired) electrons. The van der Waals surface area contributed by atoms with Gasteiger partial charge in [0.15, 0.2) is 0 Å². The van der Waals surface area contributed by atoms with Crippen molar-refractivity contribution in [3.8, 4) is 0 Å². The molecule has 0 saturated heterocycles. The van der Waals surface area contributed by atoms with Gasteiger partial charge in [0.25, 0.3) is 0 Å². The van der Waals surface area contributed by atoms with Crippen LogP contribution < -0.4 is 0 Å². The summed E-state index contributed by atoms with van der Waals surface area (Å²) in [5.74, 6) is 1.18. The first kappa shape index (κ1) is 14.7. The van der Waals surface area contributed by atoms with E-state index in [9.17, 15) is 0 Å². The maximum Gasteiger partial charge on any atom is 0.109 e. The molecule has 0 saturated carbocycles. The zero-order valence-corrected chi connectivity index (χ0v) is 12.8. The number of imidazole rings is 1. The van der Waals surface area contributed by atoms with E-state index in [-0.39, 0.29) is 0 Å². The Hall–Kier alpha value is -0.350. The van der Waals surface area contributed by atoms with Crippen LogP contribution in [0.15, 0.2) is 12.4 Å². The molecule has 0 aliphatic carbocycles. The molecule has 0 unspecified atom stereocenters. The van der Waals surface area contributed by atoms with Crippen LogP contribution in [0.4, 0.5) is 0 Å². The molecule has 1 heterocycles. The maximum atomic E-state index is 4.38. The van der Waals surface area contributed by atoms with Gasteiger partial charge in [0.1, 0.15) is 5.82 Å². The van der Waals surface area contributed by atoms with Crippen molar-refractivity contribution in [3.05, 3.63) is 18.2 Å². The second kappa shape index (κ2) is 7.88. The van der Waals surface area contributed by atoms with Gasteiger partial charge in [-0.3, -0.25) is 4.90 Å². The molecule has 1 aromatic heterocycles. The molecule has 1 aromatic rings. The number of alkyl halides is 1. The van der Waals surface area contributed by atoms with Crippen LogP contribution in [0.25, 0.3) is 0 Å². The lowest BCUT2D eigenvalue weighted by Crippen LogP contribution is -2.37. The summed E-state index contributed by atoms with van der Waals surface area (Å²) < 4.78 is 2.11. The number of aromatic nitrogens is 2. The van der Waals surface area contributed by atoms with Gasteiger partial charge < -0.3 is 4.57 Å². The van der Waals surface area contributed by atoms with Gasteiger partial charge in [-0.1, -0.05) is 29.8 Å². The van der Waals surface area contributed by atoms with E-state index in [1.165, 1.54) is 18.7 Å². The normalized spacial score (nSPS) is 11.6. The van der Waals surface area contributed by atoms with E-state index in [4.69, 9.17) is 0 Å². The molecular weight excluding hydrogens is 278 g/mol. The zero-order chi connectivity index (χ0) is 12.7. The zero-order valence-electron chi connectivity index (χ0n) is 11.2. The van der Waals surface area contributed by atoms with E-state index >= 15 is 0 Å². The summed E-state index contributed by atoms with van der Waals surface area (Å²) in [6.07, 6.45) is 7.38. The van der Waals surface area contributed by atoms with Gasteiger partial charge in [0, 0.05) is 50.3 Å². The fourth-order valence-electron chi connectivity index (χ4n) is 2.27. The molecule has 4 heteroatoms. The third-order valence-corrected chi connectivity index (χ3v) is 3.73. The van der Waals surface area contributed by atoms with E-state index in [1.807, 2.05) is 12.4 Å². The Labute approximate surface area is 113 Å². The van der Waals surface area contributed by atoms with Crippen molar-refractivity contribution < 1.29 is 0 Å². The molecule has 0 aliphatic heterocycles. The molecule has 0 atom stereocenters. The van der Waals surface area contributed by atoms with E-state index < -0.39 is 0 Å². The quantitative estimate of drug-likeness (QED) is 0.689. The maximum absolute atomic E-state index is 4.38. The topological polar surface area (TPSA) is 21.1 Å². The fourth-order valence-corrected chi connectivity index (χ4v) is 2.73. The Bertz CT molecular complexity index is 307. The highest BCUT2D eigenvalue weighted by Crippen LogP contribution is 2.10. The molecule has 0 bridgehead atoms. The lowest BCUT2D eigenvalue weighted by atomic mass is 10.1. The van der Waals surface area contributed by atoms with Crippen molar-refractivity contribution in [3.63, 3.8) is 0 Å². The minimum atomic E-state index is 0.702. The van der Waals surface area contributed by atoms with E-state index in [2.05, 4.69) is 51.3 Å². The smallest absolute Gasteiger partial charge is 0.109 e. The highest BCUT2D eigenvalue weighted by Gasteiger charge is 2.14. The summed E-state index contributed by atoms with van der Waals surface area (Å²) >= 11 is 3.55. The first-order chi connectivity index (χ1) is 8.22. The average molecular weight is 302 g/mol. The summed E-state index contributed by atoms with van der Waals surface area (Å²) in [7, 11) is 2.06. The molecule has 0 aromatic carbocycles. The molecule has 0 N–H and O–H groups in total. The van der Waals surface area contributed by atoms with Gasteiger partial charge >= 0.3 is 0 Å². The number of hydrogen-bond donors (Lipinski definition) is 0. The molecular formula is C13H24BrN3. The van der Waals surface area contributed by atoms with Crippen LogP contribution in [0.2, 0.25) is 0 Å². The highest BCUT2D eigenvalue weighted by molar-refractivity contribution is 9.09. The van der Waals surface area contributed by atoms with Crippen molar-refractivity contribution >= 4 is 15.9 Å². The van der Waals surface area contributed by atoms with Crippen molar-refractivity contribution in [2.75, 3.05) is 18.4 Å². The third-order valence-electron chi connectivity index (χ3n) is 3.37. The summed E-state index contributed by atoms with van der Waals surface area (Å²) in [5, 5.41) is 1.05. The first-order valence-electron chi connectivity index (χ1n) is 6.49. The minimum Gasteiger partial charge on any atom is -0.338 e. The lowest BCUT2D eigenvalue weighted by molar-refractivity contribution is 0.198. The van der Waals surface area contributed by atoms with Crippen LogP contribution in [-0.2, 0) is 13.5 Å². The number of hydrogen-bond acceptors (Lipinski definition) is 2. The van der Waals surface area contributed by atoms with Crippen molar-refractivity contribution in [2.45, 2.75) is 39.2 Å². The predicted molar refractivity (Wildman–Crippen MR) is 76.6 cm³/mol. The average Bonchev–Trinajstić information content (AvgIpc) is 2.73. The van der Waals surface area contributed by atoms with E-state index in [0.717, 1.165) is 24.8 Å². The standard InChI is InChI=1S/C13H24BrN3/c1-4-12(5-2)17(10-7-14)9-6-13-15-8-11-16(13)3/h8,11-12H,4-7,9-10H2,1-3H3. The van der Waals surface area contributed by atoms with Crippen LogP contribution in [-0.4, -0.2) is 38.9 Å². The molecule has 1 rings (SSSR count). The monoisotopic (exact) mass is 301 g/mol. The van der Waals surface area contributed by atoms with Gasteiger partial charge in [-0.15, -0.1) is 0 Å². The fraction of sp³-hybridized carbons (Fsp3) is 0.769. The Morgan fingerprint density at radius 3 is 2.53 bits per heavy atom. The Morgan fingerprint density at radius 1 is 1.35 bits per heavy atom. The van der Waals surface area contributed by atoms with E-state index in [1.54, 1.807) is 0 Å². The summed E-state index contributed by atoms with van der Waals surface area (Å²) in [6.45, 7) is 6.77. The van der Waals surface area contributed by atoms with Crippen LogP contribution in [0, 0.1) is 0 Å². The molecule has 0 amide bonds. The largest absolute Gasteiger partial charge is 0.338 e. The van der Waals surface area contributed by atoms with Gasteiger partial charge in [-0.05, 0) is 12.8 Å². The Balaban J connectivity index is 2.52. The van der Waals surface area contributed by atoms with Crippen LogP contribution >= 0.6 is 15.9 Å². The summed E-state index contributed by atoms with van der Waals surface area (Å²) in [4.78, 5) is 6.96. The third kappa shape index (κ3) is 4.43. The van der Waals surface area contributed by atoms with Gasteiger partial charge in [-0.25, -0.2) is 4.98 Å². The number of aryl methyl sites for hydroxylation is 1. The summed E-state index contributed by atoms with van der Waals surface area (Å²) in [6, 6.07) is 0.702. The van der Waals surface area contributed by atoms with Gasteiger partial charge in [-0.2, -0.15) is 0 Å². The Kier molecular flexibility index (Phi) is 6.82. The van der Waals surface area contributed by atoms with Crippen molar-refractivity contribution in [2.24, 2.45) is 7.05 Å². The Morgan fingerprint density at radius 2 is 2.06 bits per heavy atom. The summed E-state index contributed by atoms with van der Waals surface area (Å²) in [5.41, 5.74) is 0. The van der Waals surface area contributed by atoms with Gasteiger partial charge in [0.2, 0.25) is 0 Å². The molecule has 0 fully saturated rings. The SMILES string of the molecule is CCC(CC)N(CCBr)CCc1nccn1C. The van der Waals surface area contributed by atoms with Crippen LogP contribution in [0.3, 0.4) is 0 Å². The number of rotatable bonds is 8. The minimum absolute atomic E-state index is 0.702. The highest BCUT2D eigenvalue weighted by atomic mass is 79.9. The van der Waals surface area contributed by atoms with Crippen molar-refractivity contribution in [1.82, 2.24) is 14.5 Å². The second-order valence-corrected chi connectivity index (χ2v) is 5.19. The number of nitrogens with zero attached hydrogens (tertiary/aromatic N) is 3.